The van der Waals surface area contributed by atoms with E-state index in [9.17, 15) is 45.6 Å². The summed E-state index contributed by atoms with van der Waals surface area (Å²) in [5.74, 6) is -0.271. The molecule has 0 aromatic rings. The number of hydrogen-bond donors (Lipinski definition) is 9. The second kappa shape index (κ2) is 48.8. The van der Waals surface area contributed by atoms with E-state index in [1.807, 2.05) is 6.08 Å². The van der Waals surface area contributed by atoms with Crippen molar-refractivity contribution in [2.75, 3.05) is 19.8 Å². The molecule has 1 amide bonds. The van der Waals surface area contributed by atoms with Gasteiger partial charge in [-0.15, -0.1) is 0 Å². The fourth-order valence-electron chi connectivity index (χ4n) is 8.73. The van der Waals surface area contributed by atoms with Crippen LogP contribution in [0.1, 0.15) is 174 Å². The molecule has 79 heavy (non-hydrogen) atoms. The van der Waals surface area contributed by atoms with E-state index >= 15 is 0 Å². The summed E-state index contributed by atoms with van der Waals surface area (Å²) >= 11 is 0. The zero-order valence-electron chi connectivity index (χ0n) is 48.0. The molecule has 2 fully saturated rings. The van der Waals surface area contributed by atoms with Crippen LogP contribution < -0.4 is 5.32 Å². The minimum absolute atomic E-state index is 0.250. The lowest BCUT2D eigenvalue weighted by molar-refractivity contribution is -0.359. The SMILES string of the molecule is CC/C=C\C/C=C\C/C=C\C/C=C\C/C=C\C/C=C\C/C=C\C/C=C\CCCCCCCCCCC(=O)NC(COC1OC(CO)C(OC2OC(CO)C(O)C(O)C2O)C(O)C1O)C(O)/C=C/CC/C=C/CC/C=C/CCCC. The molecular formula is C65H105NO13. The Balaban J connectivity index is 1.70. The number of amides is 1. The Bertz CT molecular complexity index is 1830. The fraction of sp³-hybridized carbons (Fsp3) is 0.646. The molecule has 9 N–H and O–H groups in total. The van der Waals surface area contributed by atoms with E-state index in [4.69, 9.17) is 18.9 Å². The van der Waals surface area contributed by atoms with Gasteiger partial charge in [0.2, 0.25) is 5.91 Å². The van der Waals surface area contributed by atoms with Gasteiger partial charge in [0.15, 0.2) is 12.6 Å². The molecule has 0 aromatic heterocycles. The summed E-state index contributed by atoms with van der Waals surface area (Å²) in [5, 5.41) is 86.9. The second-order valence-electron chi connectivity index (χ2n) is 20.4. The van der Waals surface area contributed by atoms with Crippen LogP contribution in [0, 0.1) is 0 Å². The van der Waals surface area contributed by atoms with Crippen molar-refractivity contribution in [3.8, 4) is 0 Å². The van der Waals surface area contributed by atoms with E-state index in [1.165, 1.54) is 32.1 Å². The Hall–Kier alpha value is -3.87. The van der Waals surface area contributed by atoms with Crippen molar-refractivity contribution in [1.29, 1.82) is 0 Å². The highest BCUT2D eigenvalue weighted by atomic mass is 16.7. The smallest absolute Gasteiger partial charge is 0.220 e. The number of unbranched alkanes of at least 4 members (excludes halogenated alkanes) is 12. The van der Waals surface area contributed by atoms with E-state index in [1.54, 1.807) is 6.08 Å². The topological polar surface area (TPSA) is 228 Å². The van der Waals surface area contributed by atoms with Crippen LogP contribution in [0.4, 0.5) is 0 Å². The van der Waals surface area contributed by atoms with E-state index in [0.717, 1.165) is 109 Å². The lowest BCUT2D eigenvalue weighted by atomic mass is 9.97. The molecule has 2 aliphatic rings. The maximum atomic E-state index is 13.2. The predicted molar refractivity (Wildman–Crippen MR) is 318 cm³/mol. The molecule has 12 atom stereocenters. The lowest BCUT2D eigenvalue weighted by Gasteiger charge is -2.46. The number of allylic oxidation sites excluding steroid dienone is 21. The summed E-state index contributed by atoms with van der Waals surface area (Å²) in [7, 11) is 0. The molecule has 2 aliphatic heterocycles. The van der Waals surface area contributed by atoms with Gasteiger partial charge in [-0.05, 0) is 103 Å². The molecule has 14 nitrogen and oxygen atoms in total. The number of carbonyl (C=O) groups is 1. The van der Waals surface area contributed by atoms with Gasteiger partial charge >= 0.3 is 0 Å². The van der Waals surface area contributed by atoms with Crippen molar-refractivity contribution in [2.24, 2.45) is 0 Å². The first-order valence-corrected chi connectivity index (χ1v) is 29.9. The van der Waals surface area contributed by atoms with Crippen molar-refractivity contribution >= 4 is 5.91 Å². The van der Waals surface area contributed by atoms with E-state index < -0.39 is 86.8 Å². The molecule has 2 saturated heterocycles. The van der Waals surface area contributed by atoms with Crippen molar-refractivity contribution in [2.45, 2.75) is 248 Å². The lowest BCUT2D eigenvalue weighted by Crippen LogP contribution is -2.65. The van der Waals surface area contributed by atoms with Crippen molar-refractivity contribution < 1.29 is 64.6 Å². The third kappa shape index (κ3) is 34.2. The molecule has 0 aromatic carbocycles. The minimum atomic E-state index is -1.80. The number of aliphatic hydroxyl groups is 8. The van der Waals surface area contributed by atoms with Gasteiger partial charge in [-0.3, -0.25) is 4.79 Å². The monoisotopic (exact) mass is 1110 g/mol. The van der Waals surface area contributed by atoms with Crippen LogP contribution in [-0.4, -0.2) is 140 Å². The highest BCUT2D eigenvalue weighted by Gasteiger charge is 2.51. The maximum Gasteiger partial charge on any atom is 0.220 e. The van der Waals surface area contributed by atoms with Crippen LogP contribution >= 0.6 is 0 Å². The minimum Gasteiger partial charge on any atom is -0.394 e. The molecule has 14 heteroatoms. The summed E-state index contributed by atoms with van der Waals surface area (Å²) in [4.78, 5) is 13.2. The molecule has 2 rings (SSSR count). The Morgan fingerprint density at radius 1 is 0.468 bits per heavy atom. The molecule has 12 unspecified atom stereocenters. The van der Waals surface area contributed by atoms with Gasteiger partial charge in [-0.2, -0.15) is 0 Å². The molecule has 448 valence electrons. The standard InChI is InChI=1S/C65H105NO13/c1-3-5-7-9-11-13-15-17-18-19-20-21-22-23-24-25-26-27-28-29-30-31-32-33-34-35-36-37-39-41-43-45-47-49-57(70)66-53(54(69)48-46-44-42-40-38-16-14-12-10-8-6-4-2)52-76-64-62(75)60(73)63(56(51-68)78-64)79-65-61(74)59(72)58(71)55(50-67)77-65/h5,7,10-13,17-18,20-21,23-24,26-27,29-30,32-33,38,40,46,48,53-56,58-65,67-69,71-75H,3-4,6,8-9,14-16,19,22,25,28,31,34-37,39,41-45,47,49-52H2,1-2H3,(H,66,70)/b7-5-,12-10+,13-11-,18-17-,21-20-,24-23-,27-26-,30-29-,33-32-,40-38+,48-46+. The average molecular weight is 1110 g/mol. The zero-order chi connectivity index (χ0) is 57.4. The summed E-state index contributed by atoms with van der Waals surface area (Å²) in [6.45, 7) is 2.56. The number of aliphatic hydroxyl groups excluding tert-OH is 8. The first-order chi connectivity index (χ1) is 38.6. The van der Waals surface area contributed by atoms with E-state index in [-0.39, 0.29) is 18.9 Å². The van der Waals surface area contributed by atoms with Crippen molar-refractivity contribution in [3.05, 3.63) is 134 Å². The average Bonchev–Trinajstić information content (AvgIpc) is 3.49. The normalized spacial score (nSPS) is 25.4. The molecular weight excluding hydrogens is 1000 g/mol. The first kappa shape index (κ1) is 71.2. The van der Waals surface area contributed by atoms with Gasteiger partial charge in [0.25, 0.3) is 0 Å². The van der Waals surface area contributed by atoms with E-state index in [0.29, 0.717) is 12.8 Å². The van der Waals surface area contributed by atoms with Gasteiger partial charge in [0, 0.05) is 6.42 Å². The first-order valence-electron chi connectivity index (χ1n) is 29.9. The summed E-state index contributed by atoms with van der Waals surface area (Å²) in [5.41, 5.74) is 0. The number of hydrogen-bond acceptors (Lipinski definition) is 13. The summed E-state index contributed by atoms with van der Waals surface area (Å²) < 4.78 is 22.7. The second-order valence-corrected chi connectivity index (χ2v) is 20.4. The van der Waals surface area contributed by atoms with Gasteiger partial charge < -0.3 is 65.1 Å². The molecule has 0 radical (unpaired) electrons. The third-order valence-electron chi connectivity index (χ3n) is 13.5. The van der Waals surface area contributed by atoms with Crippen LogP contribution in [0.25, 0.3) is 0 Å². The highest BCUT2D eigenvalue weighted by molar-refractivity contribution is 5.76. The zero-order valence-corrected chi connectivity index (χ0v) is 48.0. The molecule has 0 spiro atoms. The maximum absolute atomic E-state index is 13.2. The summed E-state index contributed by atoms with van der Waals surface area (Å²) in [6, 6.07) is -0.951. The number of carbonyl (C=O) groups excluding carboxylic acids is 1. The molecule has 0 aliphatic carbocycles. The Morgan fingerprint density at radius 2 is 0.886 bits per heavy atom. The Kier molecular flexibility index (Phi) is 44.0. The third-order valence-corrected chi connectivity index (χ3v) is 13.5. The van der Waals surface area contributed by atoms with E-state index in [2.05, 4.69) is 141 Å². The Morgan fingerprint density at radius 3 is 1.39 bits per heavy atom. The summed E-state index contributed by atoms with van der Waals surface area (Å²) in [6.07, 6.45) is 55.0. The van der Waals surface area contributed by atoms with Crippen molar-refractivity contribution in [3.63, 3.8) is 0 Å². The highest BCUT2D eigenvalue weighted by Crippen LogP contribution is 2.30. The number of ether oxygens (including phenoxy) is 4. The number of nitrogens with one attached hydrogen (secondary N) is 1. The van der Waals surface area contributed by atoms with Gasteiger partial charge in [0.05, 0.1) is 32.0 Å². The van der Waals surface area contributed by atoms with Crippen LogP contribution in [0.15, 0.2) is 134 Å². The molecule has 0 saturated carbocycles. The molecule has 0 bridgehead atoms. The van der Waals surface area contributed by atoms with Crippen LogP contribution in [0.5, 0.6) is 0 Å². The van der Waals surface area contributed by atoms with Crippen LogP contribution in [0.2, 0.25) is 0 Å². The Labute approximate surface area is 475 Å². The largest absolute Gasteiger partial charge is 0.394 e. The van der Waals surface area contributed by atoms with Gasteiger partial charge in [0.1, 0.15) is 48.8 Å². The van der Waals surface area contributed by atoms with Crippen molar-refractivity contribution in [1.82, 2.24) is 5.32 Å². The number of rotatable bonds is 45. The predicted octanol–water partition coefficient (Wildman–Crippen LogP) is 10.4. The molecule has 2 heterocycles. The fourth-order valence-corrected chi connectivity index (χ4v) is 8.73. The van der Waals surface area contributed by atoms with Gasteiger partial charge in [-0.1, -0.05) is 199 Å². The quantitative estimate of drug-likeness (QED) is 0.0205. The van der Waals surface area contributed by atoms with Gasteiger partial charge in [-0.25, -0.2) is 0 Å². The van der Waals surface area contributed by atoms with Crippen LogP contribution in [-0.2, 0) is 23.7 Å². The van der Waals surface area contributed by atoms with Crippen LogP contribution in [0.3, 0.4) is 0 Å².